The van der Waals surface area contributed by atoms with Crippen molar-refractivity contribution in [3.05, 3.63) is 30.5 Å². The van der Waals surface area contributed by atoms with Crippen molar-refractivity contribution in [1.29, 1.82) is 5.26 Å². The highest BCUT2D eigenvalue weighted by Crippen LogP contribution is 2.25. The highest BCUT2D eigenvalue weighted by atomic mass is 32.2. The van der Waals surface area contributed by atoms with E-state index in [1.165, 1.54) is 18.9 Å². The molecule has 1 aromatic heterocycles. The lowest BCUT2D eigenvalue weighted by Crippen LogP contribution is -2.52. The van der Waals surface area contributed by atoms with E-state index in [1.54, 1.807) is 38.6 Å². The molecular formula is C18H21N3O4S. The standard InChI is InChI=1S/C18H21N3O4S/c1-18(10-19,11-23-2)21-16(22)17(26-4)25-13-5-6-15-12(7-13)8-14(24-3)9-20-15/h5-9,17H,11H2,1-4H3,(H,21,22). The van der Waals surface area contributed by atoms with Gasteiger partial charge >= 0.3 is 0 Å². The monoisotopic (exact) mass is 375 g/mol. The Hall–Kier alpha value is -2.50. The topological polar surface area (TPSA) is 93.5 Å². The molecule has 0 fully saturated rings. The molecule has 1 aromatic carbocycles. The summed E-state index contributed by atoms with van der Waals surface area (Å²) in [4.78, 5) is 16.8. The predicted octanol–water partition coefficient (Wildman–Crippen LogP) is 2.36. The summed E-state index contributed by atoms with van der Waals surface area (Å²) in [5, 5.41) is 12.8. The van der Waals surface area contributed by atoms with Crippen molar-refractivity contribution in [2.24, 2.45) is 0 Å². The van der Waals surface area contributed by atoms with E-state index in [4.69, 9.17) is 14.2 Å². The normalized spacial score (nSPS) is 14.1. The molecule has 1 amide bonds. The molecule has 26 heavy (non-hydrogen) atoms. The number of pyridine rings is 1. The molecule has 138 valence electrons. The van der Waals surface area contributed by atoms with E-state index < -0.39 is 16.9 Å². The highest BCUT2D eigenvalue weighted by molar-refractivity contribution is 7.99. The average Bonchev–Trinajstić information content (AvgIpc) is 2.65. The number of hydrogen-bond acceptors (Lipinski definition) is 7. The van der Waals surface area contributed by atoms with Crippen LogP contribution in [-0.2, 0) is 9.53 Å². The Morgan fingerprint density at radius 3 is 2.73 bits per heavy atom. The Kier molecular flexibility index (Phi) is 6.66. The molecule has 0 saturated heterocycles. The summed E-state index contributed by atoms with van der Waals surface area (Å²) in [5.41, 5.74) is -1.14. The molecule has 2 unspecified atom stereocenters. The molecule has 2 aromatic rings. The van der Waals surface area contributed by atoms with Gasteiger partial charge in [-0.1, -0.05) is 0 Å². The van der Waals surface area contributed by atoms with Crippen molar-refractivity contribution in [2.75, 3.05) is 27.1 Å². The Morgan fingerprint density at radius 1 is 1.38 bits per heavy atom. The first-order chi connectivity index (χ1) is 12.4. The molecule has 1 heterocycles. The molecule has 0 aliphatic heterocycles. The fourth-order valence-corrected chi connectivity index (χ4v) is 2.80. The Bertz CT molecular complexity index is 824. The van der Waals surface area contributed by atoms with Gasteiger partial charge in [-0.2, -0.15) is 5.26 Å². The van der Waals surface area contributed by atoms with Crippen LogP contribution in [0.15, 0.2) is 30.5 Å². The first kappa shape index (κ1) is 19.8. The van der Waals surface area contributed by atoms with Gasteiger partial charge in [0.2, 0.25) is 5.44 Å². The molecule has 2 rings (SSSR count). The van der Waals surface area contributed by atoms with Gasteiger partial charge in [-0.15, -0.1) is 11.8 Å². The number of nitrogens with zero attached hydrogens (tertiary/aromatic N) is 2. The number of aromatic nitrogens is 1. The fourth-order valence-electron chi connectivity index (χ4n) is 2.32. The third-order valence-electron chi connectivity index (χ3n) is 3.61. The van der Waals surface area contributed by atoms with Crippen molar-refractivity contribution >= 4 is 28.6 Å². The lowest BCUT2D eigenvalue weighted by Gasteiger charge is -2.25. The maximum atomic E-state index is 12.5. The Labute approximate surface area is 156 Å². The maximum absolute atomic E-state index is 12.5. The molecule has 2 atom stereocenters. The van der Waals surface area contributed by atoms with Crippen LogP contribution in [-0.4, -0.2) is 48.9 Å². The van der Waals surface area contributed by atoms with Gasteiger partial charge < -0.3 is 19.5 Å². The van der Waals surface area contributed by atoms with Crippen LogP contribution in [0, 0.1) is 11.3 Å². The van der Waals surface area contributed by atoms with E-state index in [-0.39, 0.29) is 6.61 Å². The van der Waals surface area contributed by atoms with Crippen LogP contribution in [0.2, 0.25) is 0 Å². The number of amides is 1. The summed E-state index contributed by atoms with van der Waals surface area (Å²) >= 11 is 1.23. The van der Waals surface area contributed by atoms with Crippen molar-refractivity contribution in [3.63, 3.8) is 0 Å². The van der Waals surface area contributed by atoms with E-state index in [2.05, 4.69) is 10.3 Å². The maximum Gasteiger partial charge on any atom is 0.273 e. The minimum atomic E-state index is -1.12. The Balaban J connectivity index is 2.17. The molecule has 0 aliphatic rings. The number of thioether (sulfide) groups is 1. The molecule has 8 heteroatoms. The zero-order chi connectivity index (χ0) is 19.2. The summed E-state index contributed by atoms with van der Waals surface area (Å²) < 4.78 is 16.0. The summed E-state index contributed by atoms with van der Waals surface area (Å²) in [6, 6.07) is 9.24. The second-order valence-corrected chi connectivity index (χ2v) is 6.68. The first-order valence-corrected chi connectivity index (χ1v) is 9.09. The van der Waals surface area contributed by atoms with Gasteiger partial charge in [0.25, 0.3) is 5.91 Å². The van der Waals surface area contributed by atoms with Gasteiger partial charge in [0, 0.05) is 12.5 Å². The number of nitrogens with one attached hydrogen (secondary N) is 1. The van der Waals surface area contributed by atoms with E-state index in [0.717, 1.165) is 10.9 Å². The zero-order valence-corrected chi connectivity index (χ0v) is 15.9. The van der Waals surface area contributed by atoms with Gasteiger partial charge in [0.15, 0.2) is 0 Å². The third kappa shape index (κ3) is 4.77. The van der Waals surface area contributed by atoms with Crippen LogP contribution in [0.1, 0.15) is 6.92 Å². The molecule has 0 saturated carbocycles. The fraction of sp³-hybridized carbons (Fsp3) is 0.389. The minimum Gasteiger partial charge on any atom is -0.495 e. The van der Waals surface area contributed by atoms with Gasteiger partial charge in [-0.25, -0.2) is 0 Å². The predicted molar refractivity (Wildman–Crippen MR) is 100 cm³/mol. The highest BCUT2D eigenvalue weighted by Gasteiger charge is 2.30. The molecular weight excluding hydrogens is 354 g/mol. The second kappa shape index (κ2) is 8.74. The number of fused-ring (bicyclic) bond motifs is 1. The van der Waals surface area contributed by atoms with Crippen LogP contribution in [0.3, 0.4) is 0 Å². The number of carbonyl (C=O) groups is 1. The number of carbonyl (C=O) groups excluding carboxylic acids is 1. The summed E-state index contributed by atoms with van der Waals surface area (Å²) in [6.07, 6.45) is 3.40. The van der Waals surface area contributed by atoms with E-state index in [9.17, 15) is 10.1 Å². The lowest BCUT2D eigenvalue weighted by atomic mass is 10.1. The quantitative estimate of drug-likeness (QED) is 0.708. The van der Waals surface area contributed by atoms with Gasteiger partial charge in [0.1, 0.15) is 17.0 Å². The number of methoxy groups -OCH3 is 2. The zero-order valence-electron chi connectivity index (χ0n) is 15.1. The number of rotatable bonds is 8. The molecule has 0 radical (unpaired) electrons. The molecule has 7 nitrogen and oxygen atoms in total. The van der Waals surface area contributed by atoms with Crippen molar-refractivity contribution in [1.82, 2.24) is 10.3 Å². The minimum absolute atomic E-state index is 0.0811. The van der Waals surface area contributed by atoms with E-state index in [1.807, 2.05) is 18.2 Å². The van der Waals surface area contributed by atoms with Crippen molar-refractivity contribution < 1.29 is 19.0 Å². The van der Waals surface area contributed by atoms with Crippen molar-refractivity contribution in [3.8, 4) is 17.6 Å². The van der Waals surface area contributed by atoms with Crippen molar-refractivity contribution in [2.45, 2.75) is 17.9 Å². The molecule has 0 aliphatic carbocycles. The molecule has 0 bridgehead atoms. The van der Waals surface area contributed by atoms with Gasteiger partial charge in [-0.3, -0.25) is 9.78 Å². The van der Waals surface area contributed by atoms with Crippen LogP contribution in [0.5, 0.6) is 11.5 Å². The number of hydrogen-bond donors (Lipinski definition) is 1. The average molecular weight is 375 g/mol. The molecule has 1 N–H and O–H groups in total. The van der Waals surface area contributed by atoms with E-state index in [0.29, 0.717) is 11.5 Å². The summed E-state index contributed by atoms with van der Waals surface area (Å²) in [6.45, 7) is 1.68. The van der Waals surface area contributed by atoms with Crippen LogP contribution in [0.25, 0.3) is 10.9 Å². The summed E-state index contributed by atoms with van der Waals surface area (Å²) in [5.74, 6) is 0.757. The number of benzene rings is 1. The Morgan fingerprint density at radius 2 is 2.12 bits per heavy atom. The largest absolute Gasteiger partial charge is 0.495 e. The smallest absolute Gasteiger partial charge is 0.273 e. The summed E-state index contributed by atoms with van der Waals surface area (Å²) in [7, 11) is 3.05. The van der Waals surface area contributed by atoms with E-state index >= 15 is 0 Å². The van der Waals surface area contributed by atoms with Crippen LogP contribution in [0.4, 0.5) is 0 Å². The van der Waals surface area contributed by atoms with Crippen LogP contribution < -0.4 is 14.8 Å². The van der Waals surface area contributed by atoms with Crippen LogP contribution >= 0.6 is 11.8 Å². The third-order valence-corrected chi connectivity index (χ3v) is 4.35. The lowest BCUT2D eigenvalue weighted by molar-refractivity contribution is -0.126. The van der Waals surface area contributed by atoms with Gasteiger partial charge in [-0.05, 0) is 37.4 Å². The SMILES string of the molecule is COCC(C)(C#N)NC(=O)C(Oc1ccc2ncc(OC)cc2c1)SC. The number of ether oxygens (including phenoxy) is 3. The second-order valence-electron chi connectivity index (χ2n) is 5.78. The molecule has 0 spiro atoms. The number of nitriles is 1. The first-order valence-electron chi connectivity index (χ1n) is 7.80. The van der Waals surface area contributed by atoms with Gasteiger partial charge in [0.05, 0.1) is 31.5 Å².